The van der Waals surface area contributed by atoms with Crippen LogP contribution in [0.1, 0.15) is 12.0 Å². The Hall–Kier alpha value is -2.04. The van der Waals surface area contributed by atoms with E-state index < -0.39 is 0 Å². The number of hydrogen-bond donors (Lipinski definition) is 0. The van der Waals surface area contributed by atoms with E-state index in [9.17, 15) is 4.79 Å². The fourth-order valence-corrected chi connectivity index (χ4v) is 2.66. The number of para-hydroxylation sites is 1. The van der Waals surface area contributed by atoms with Gasteiger partial charge in [0.2, 0.25) is 0 Å². The van der Waals surface area contributed by atoms with Gasteiger partial charge in [0, 0.05) is 10.6 Å². The number of nitrogens with zero attached hydrogens (tertiary/aromatic N) is 2. The Balaban J connectivity index is 2.03. The second-order valence-electron chi connectivity index (χ2n) is 4.73. The molecule has 6 heteroatoms. The van der Waals surface area contributed by atoms with Gasteiger partial charge in [-0.1, -0.05) is 35.3 Å². The normalized spacial score (nSPS) is 14.2. The predicted molar refractivity (Wildman–Crippen MR) is 88.1 cm³/mol. The number of benzene rings is 2. The summed E-state index contributed by atoms with van der Waals surface area (Å²) in [5.41, 5.74) is 1.90. The highest BCUT2D eigenvalue weighted by molar-refractivity contribution is 6.36. The van der Waals surface area contributed by atoms with Crippen molar-refractivity contribution in [2.45, 2.75) is 6.42 Å². The van der Waals surface area contributed by atoms with Crippen LogP contribution in [-0.4, -0.2) is 18.7 Å². The standard InChI is InChI=1S/C16H12Cl2N2O2/c1-22-15-5-3-2-4-11(15)13-9-16(21)20(19-13)14-8-10(17)6-7-12(14)18/h2-8H,9H2,1H3. The predicted octanol–water partition coefficient (Wildman–Crippen LogP) is 4.14. The summed E-state index contributed by atoms with van der Waals surface area (Å²) >= 11 is 12.1. The van der Waals surface area contributed by atoms with Crippen molar-refractivity contribution < 1.29 is 9.53 Å². The van der Waals surface area contributed by atoms with E-state index >= 15 is 0 Å². The van der Waals surface area contributed by atoms with Crippen molar-refractivity contribution in [2.24, 2.45) is 5.10 Å². The average molecular weight is 335 g/mol. The minimum Gasteiger partial charge on any atom is -0.496 e. The van der Waals surface area contributed by atoms with E-state index in [1.807, 2.05) is 24.3 Å². The van der Waals surface area contributed by atoms with Crippen molar-refractivity contribution >= 4 is 40.5 Å². The van der Waals surface area contributed by atoms with Crippen molar-refractivity contribution in [2.75, 3.05) is 12.1 Å². The lowest BCUT2D eigenvalue weighted by Gasteiger charge is -2.13. The molecule has 1 aliphatic rings. The molecule has 3 rings (SSSR count). The molecule has 0 fully saturated rings. The van der Waals surface area contributed by atoms with Crippen LogP contribution >= 0.6 is 23.2 Å². The van der Waals surface area contributed by atoms with E-state index in [4.69, 9.17) is 27.9 Å². The summed E-state index contributed by atoms with van der Waals surface area (Å²) < 4.78 is 5.32. The number of hydrazone groups is 1. The van der Waals surface area contributed by atoms with Crippen LogP contribution in [0.5, 0.6) is 5.75 Å². The molecule has 0 radical (unpaired) electrons. The van der Waals surface area contributed by atoms with E-state index in [2.05, 4.69) is 5.10 Å². The first kappa shape index (κ1) is 14.9. The van der Waals surface area contributed by atoms with Crippen LogP contribution in [0.15, 0.2) is 47.6 Å². The van der Waals surface area contributed by atoms with Crippen molar-refractivity contribution in [3.05, 3.63) is 58.1 Å². The van der Waals surface area contributed by atoms with Gasteiger partial charge in [0.25, 0.3) is 5.91 Å². The lowest BCUT2D eigenvalue weighted by Crippen LogP contribution is -2.19. The Morgan fingerprint density at radius 2 is 1.95 bits per heavy atom. The molecular weight excluding hydrogens is 323 g/mol. The van der Waals surface area contributed by atoms with E-state index in [-0.39, 0.29) is 12.3 Å². The summed E-state index contributed by atoms with van der Waals surface area (Å²) in [5, 5.41) is 6.60. The van der Waals surface area contributed by atoms with E-state index in [0.29, 0.717) is 27.2 Å². The molecule has 112 valence electrons. The highest BCUT2D eigenvalue weighted by Crippen LogP contribution is 2.33. The minimum atomic E-state index is -0.162. The molecule has 0 bridgehead atoms. The number of carbonyl (C=O) groups is 1. The van der Waals surface area contributed by atoms with Gasteiger partial charge in [-0.2, -0.15) is 10.1 Å². The molecule has 22 heavy (non-hydrogen) atoms. The van der Waals surface area contributed by atoms with E-state index in [0.717, 1.165) is 5.56 Å². The van der Waals surface area contributed by atoms with Gasteiger partial charge in [-0.05, 0) is 30.3 Å². The quantitative estimate of drug-likeness (QED) is 0.846. The highest BCUT2D eigenvalue weighted by Gasteiger charge is 2.29. The molecule has 1 heterocycles. The third kappa shape index (κ3) is 2.67. The van der Waals surface area contributed by atoms with Crippen molar-refractivity contribution in [1.82, 2.24) is 0 Å². The zero-order valence-electron chi connectivity index (χ0n) is 11.7. The number of amides is 1. The number of methoxy groups -OCH3 is 1. The molecule has 2 aromatic rings. The van der Waals surface area contributed by atoms with Crippen LogP contribution in [-0.2, 0) is 4.79 Å². The summed E-state index contributed by atoms with van der Waals surface area (Å²) in [6, 6.07) is 12.4. The minimum absolute atomic E-state index is 0.162. The number of rotatable bonds is 3. The maximum Gasteiger partial charge on any atom is 0.253 e. The highest BCUT2D eigenvalue weighted by atomic mass is 35.5. The molecule has 0 atom stereocenters. The lowest BCUT2D eigenvalue weighted by atomic mass is 10.1. The maximum atomic E-state index is 12.3. The molecule has 1 amide bonds. The monoisotopic (exact) mass is 334 g/mol. The summed E-state index contributed by atoms with van der Waals surface area (Å²) in [6.07, 6.45) is 0.184. The molecule has 0 unspecified atom stereocenters. The molecule has 0 aliphatic carbocycles. The Labute approximate surface area is 137 Å². The van der Waals surface area contributed by atoms with Gasteiger partial charge in [-0.3, -0.25) is 4.79 Å². The topological polar surface area (TPSA) is 41.9 Å². The van der Waals surface area contributed by atoms with Gasteiger partial charge in [0.1, 0.15) is 5.75 Å². The van der Waals surface area contributed by atoms with Crippen molar-refractivity contribution in [3.63, 3.8) is 0 Å². The molecule has 4 nitrogen and oxygen atoms in total. The summed E-state index contributed by atoms with van der Waals surface area (Å²) in [7, 11) is 1.59. The van der Waals surface area contributed by atoms with Gasteiger partial charge >= 0.3 is 0 Å². The van der Waals surface area contributed by atoms with Crippen LogP contribution in [0.3, 0.4) is 0 Å². The smallest absolute Gasteiger partial charge is 0.253 e. The largest absolute Gasteiger partial charge is 0.496 e. The van der Waals surface area contributed by atoms with Crippen molar-refractivity contribution in [1.29, 1.82) is 0 Å². The molecule has 0 aromatic heterocycles. The molecule has 1 aliphatic heterocycles. The Kier molecular flexibility index (Phi) is 4.05. The Bertz CT molecular complexity index is 774. The summed E-state index contributed by atoms with van der Waals surface area (Å²) in [5.74, 6) is 0.512. The van der Waals surface area contributed by atoms with Crippen LogP contribution in [0, 0.1) is 0 Å². The van der Waals surface area contributed by atoms with Crippen LogP contribution < -0.4 is 9.75 Å². The van der Waals surface area contributed by atoms with E-state index in [1.165, 1.54) is 5.01 Å². The fraction of sp³-hybridized carbons (Fsp3) is 0.125. The number of anilines is 1. The second kappa shape index (κ2) is 5.99. The number of ether oxygens (including phenoxy) is 1. The number of halogens is 2. The van der Waals surface area contributed by atoms with Crippen LogP contribution in [0.25, 0.3) is 0 Å². The SMILES string of the molecule is COc1ccccc1C1=NN(c2cc(Cl)ccc2Cl)C(=O)C1. The average Bonchev–Trinajstić information content (AvgIpc) is 2.91. The Morgan fingerprint density at radius 1 is 1.18 bits per heavy atom. The van der Waals surface area contributed by atoms with E-state index in [1.54, 1.807) is 25.3 Å². The zero-order chi connectivity index (χ0) is 15.7. The fourth-order valence-electron chi connectivity index (χ4n) is 2.30. The van der Waals surface area contributed by atoms with Gasteiger partial charge in [-0.25, -0.2) is 0 Å². The Morgan fingerprint density at radius 3 is 2.73 bits per heavy atom. The van der Waals surface area contributed by atoms with Crippen molar-refractivity contribution in [3.8, 4) is 5.75 Å². The molecule has 0 saturated carbocycles. The molecular formula is C16H12Cl2N2O2. The zero-order valence-corrected chi connectivity index (χ0v) is 13.2. The van der Waals surface area contributed by atoms with Crippen LogP contribution in [0.4, 0.5) is 5.69 Å². The van der Waals surface area contributed by atoms with Gasteiger partial charge in [0.15, 0.2) is 0 Å². The third-order valence-electron chi connectivity index (χ3n) is 3.33. The molecule has 2 aromatic carbocycles. The maximum absolute atomic E-state index is 12.3. The molecule has 0 spiro atoms. The lowest BCUT2D eigenvalue weighted by molar-refractivity contribution is -0.116. The van der Waals surface area contributed by atoms with Gasteiger partial charge in [-0.15, -0.1) is 0 Å². The van der Waals surface area contributed by atoms with Gasteiger partial charge < -0.3 is 4.74 Å². The summed E-state index contributed by atoms with van der Waals surface area (Å²) in [4.78, 5) is 12.3. The molecule has 0 saturated heterocycles. The second-order valence-corrected chi connectivity index (χ2v) is 5.57. The first-order valence-electron chi connectivity index (χ1n) is 6.59. The number of carbonyl (C=O) groups excluding carboxylic acids is 1. The van der Waals surface area contributed by atoms with Crippen LogP contribution in [0.2, 0.25) is 10.0 Å². The first-order valence-corrected chi connectivity index (χ1v) is 7.34. The third-order valence-corrected chi connectivity index (χ3v) is 3.88. The first-order chi connectivity index (χ1) is 10.6. The molecule has 0 N–H and O–H groups in total. The number of hydrogen-bond acceptors (Lipinski definition) is 3. The van der Waals surface area contributed by atoms with Gasteiger partial charge in [0.05, 0.1) is 30.0 Å². The summed E-state index contributed by atoms with van der Waals surface area (Å²) in [6.45, 7) is 0.